The highest BCUT2D eigenvalue weighted by atomic mass is 19.1. The number of carbonyl (C=O) groups excluding carboxylic acids is 1. The van der Waals surface area contributed by atoms with Crippen molar-refractivity contribution in [2.45, 2.75) is 18.8 Å². The summed E-state index contributed by atoms with van der Waals surface area (Å²) in [6.45, 7) is 1.30. The first-order valence-corrected chi connectivity index (χ1v) is 9.70. The number of nitrogens with one attached hydrogen (secondary N) is 1. The van der Waals surface area contributed by atoms with E-state index in [2.05, 4.69) is 15.5 Å². The molecule has 2 aliphatic rings. The Morgan fingerprint density at radius 1 is 1.10 bits per heavy atom. The molecule has 1 fully saturated rings. The summed E-state index contributed by atoms with van der Waals surface area (Å²) in [5, 5.41) is 11.2. The van der Waals surface area contributed by atoms with Crippen molar-refractivity contribution in [3.63, 3.8) is 0 Å². The van der Waals surface area contributed by atoms with E-state index >= 15 is 0 Å². The van der Waals surface area contributed by atoms with Gasteiger partial charge in [0.2, 0.25) is 18.6 Å². The van der Waals surface area contributed by atoms with E-state index in [0.29, 0.717) is 42.1 Å². The molecular formula is C21H19FN4O4. The Hall–Kier alpha value is -3.62. The maximum absolute atomic E-state index is 13.0. The summed E-state index contributed by atoms with van der Waals surface area (Å²) in [7, 11) is 0. The summed E-state index contributed by atoms with van der Waals surface area (Å²) in [6.07, 6.45) is 1.67. The number of halogens is 1. The average molecular weight is 410 g/mol. The number of hydrogen-bond donors (Lipinski definition) is 1. The van der Waals surface area contributed by atoms with Crippen molar-refractivity contribution in [2.24, 2.45) is 0 Å². The number of fused-ring (bicyclic) bond motifs is 1. The molecule has 0 saturated carbocycles. The molecule has 9 heteroatoms. The molecule has 1 atom stereocenters. The van der Waals surface area contributed by atoms with E-state index in [1.54, 1.807) is 4.90 Å². The van der Waals surface area contributed by atoms with E-state index in [0.717, 1.165) is 18.4 Å². The summed E-state index contributed by atoms with van der Waals surface area (Å²) in [6, 6.07) is 10.9. The van der Waals surface area contributed by atoms with Crippen LogP contribution in [-0.4, -0.2) is 41.0 Å². The lowest BCUT2D eigenvalue weighted by Crippen LogP contribution is -2.41. The van der Waals surface area contributed by atoms with Crippen molar-refractivity contribution in [2.75, 3.05) is 25.2 Å². The fraction of sp³-hybridized carbons (Fsp3) is 0.286. The summed E-state index contributed by atoms with van der Waals surface area (Å²) >= 11 is 0. The van der Waals surface area contributed by atoms with Gasteiger partial charge in [0, 0.05) is 24.3 Å². The fourth-order valence-electron chi connectivity index (χ4n) is 3.64. The van der Waals surface area contributed by atoms with Crippen LogP contribution < -0.4 is 14.8 Å². The van der Waals surface area contributed by atoms with Gasteiger partial charge in [-0.3, -0.25) is 0 Å². The number of rotatable bonds is 3. The number of hydrogen-bond acceptors (Lipinski definition) is 6. The molecule has 2 aliphatic heterocycles. The monoisotopic (exact) mass is 410 g/mol. The summed E-state index contributed by atoms with van der Waals surface area (Å²) in [5.41, 5.74) is 1.30. The van der Waals surface area contributed by atoms with Crippen LogP contribution in [0, 0.1) is 5.82 Å². The minimum Gasteiger partial charge on any atom is -0.454 e. The first-order valence-electron chi connectivity index (χ1n) is 9.70. The van der Waals surface area contributed by atoms with Gasteiger partial charge < -0.3 is 24.1 Å². The van der Waals surface area contributed by atoms with Crippen LogP contribution >= 0.6 is 0 Å². The van der Waals surface area contributed by atoms with Crippen LogP contribution in [0.2, 0.25) is 0 Å². The minimum absolute atomic E-state index is 0.0482. The van der Waals surface area contributed by atoms with Crippen molar-refractivity contribution in [1.29, 1.82) is 0 Å². The number of benzene rings is 2. The van der Waals surface area contributed by atoms with E-state index in [4.69, 9.17) is 13.9 Å². The highest BCUT2D eigenvalue weighted by Gasteiger charge is 2.29. The third-order valence-electron chi connectivity index (χ3n) is 5.21. The predicted molar refractivity (Wildman–Crippen MR) is 105 cm³/mol. The number of amides is 2. The van der Waals surface area contributed by atoms with E-state index in [-0.39, 0.29) is 24.6 Å². The zero-order valence-electron chi connectivity index (χ0n) is 16.0. The molecule has 0 spiro atoms. The Bertz CT molecular complexity index is 1070. The zero-order chi connectivity index (χ0) is 20.5. The molecule has 0 radical (unpaired) electrons. The smallest absolute Gasteiger partial charge is 0.321 e. The van der Waals surface area contributed by atoms with E-state index in [1.807, 2.05) is 18.2 Å². The van der Waals surface area contributed by atoms with Crippen molar-refractivity contribution in [3.8, 4) is 23.0 Å². The van der Waals surface area contributed by atoms with Gasteiger partial charge >= 0.3 is 6.03 Å². The number of piperidine rings is 1. The standard InChI is InChI=1S/C21H19FN4O4/c22-15-4-6-16(7-5-15)23-21(27)26-9-1-2-14(11-26)20-25-24-19(30-20)13-3-8-17-18(10-13)29-12-28-17/h3-8,10,14H,1-2,9,11-12H2,(H,23,27)/t14-/m0/s1. The van der Waals surface area contributed by atoms with Crippen LogP contribution in [0.1, 0.15) is 24.7 Å². The van der Waals surface area contributed by atoms with Gasteiger partial charge in [0.05, 0.1) is 5.92 Å². The molecule has 1 saturated heterocycles. The maximum Gasteiger partial charge on any atom is 0.321 e. The maximum atomic E-state index is 13.0. The SMILES string of the molecule is O=C(Nc1ccc(F)cc1)N1CCC[C@H](c2nnc(-c3ccc4c(c3)OCO4)o2)C1. The van der Waals surface area contributed by atoms with Crippen LogP contribution in [0.3, 0.4) is 0 Å². The largest absolute Gasteiger partial charge is 0.454 e. The third-order valence-corrected chi connectivity index (χ3v) is 5.21. The molecule has 0 unspecified atom stereocenters. The second-order valence-electron chi connectivity index (χ2n) is 7.24. The van der Waals surface area contributed by atoms with Crippen LogP contribution in [0.5, 0.6) is 11.5 Å². The number of urea groups is 1. The van der Waals surface area contributed by atoms with E-state index in [9.17, 15) is 9.18 Å². The zero-order valence-corrected chi connectivity index (χ0v) is 16.0. The minimum atomic E-state index is -0.347. The van der Waals surface area contributed by atoms with Gasteiger partial charge in [-0.25, -0.2) is 9.18 Å². The Balaban J connectivity index is 1.27. The lowest BCUT2D eigenvalue weighted by atomic mass is 9.98. The van der Waals surface area contributed by atoms with E-state index < -0.39 is 0 Å². The lowest BCUT2D eigenvalue weighted by Gasteiger charge is -2.31. The molecule has 1 N–H and O–H groups in total. The normalized spacial score (nSPS) is 17.8. The molecule has 1 aromatic heterocycles. The van der Waals surface area contributed by atoms with Crippen molar-refractivity contribution in [1.82, 2.24) is 15.1 Å². The van der Waals surface area contributed by atoms with Crippen LogP contribution in [0.15, 0.2) is 46.9 Å². The van der Waals surface area contributed by atoms with Crippen molar-refractivity contribution < 1.29 is 23.1 Å². The number of ether oxygens (including phenoxy) is 2. The number of aromatic nitrogens is 2. The highest BCUT2D eigenvalue weighted by molar-refractivity contribution is 5.89. The molecule has 8 nitrogen and oxygen atoms in total. The second-order valence-corrected chi connectivity index (χ2v) is 7.24. The molecule has 2 aromatic carbocycles. The Labute approximate surface area is 171 Å². The number of anilines is 1. The molecule has 30 heavy (non-hydrogen) atoms. The van der Waals surface area contributed by atoms with Crippen molar-refractivity contribution in [3.05, 3.63) is 54.2 Å². The predicted octanol–water partition coefficient (Wildman–Crippen LogP) is 4.02. The molecule has 0 aliphatic carbocycles. The fourth-order valence-corrected chi connectivity index (χ4v) is 3.64. The molecule has 3 heterocycles. The third kappa shape index (κ3) is 3.66. The Kier molecular flexibility index (Phi) is 4.70. The lowest BCUT2D eigenvalue weighted by molar-refractivity contribution is 0.174. The molecule has 5 rings (SSSR count). The first-order chi connectivity index (χ1) is 14.7. The topological polar surface area (TPSA) is 89.7 Å². The second kappa shape index (κ2) is 7.66. The first kappa shape index (κ1) is 18.4. The van der Waals surface area contributed by atoms with Gasteiger partial charge in [0.15, 0.2) is 11.5 Å². The molecule has 2 amide bonds. The van der Waals surface area contributed by atoms with Crippen LogP contribution in [0.25, 0.3) is 11.5 Å². The van der Waals surface area contributed by atoms with Crippen LogP contribution in [-0.2, 0) is 0 Å². The highest BCUT2D eigenvalue weighted by Crippen LogP contribution is 2.36. The van der Waals surface area contributed by atoms with Gasteiger partial charge in [-0.1, -0.05) is 0 Å². The van der Waals surface area contributed by atoms with Gasteiger partial charge in [0.1, 0.15) is 5.82 Å². The quantitative estimate of drug-likeness (QED) is 0.702. The number of nitrogens with zero attached hydrogens (tertiary/aromatic N) is 3. The summed E-state index contributed by atoms with van der Waals surface area (Å²) in [4.78, 5) is 14.3. The average Bonchev–Trinajstić information content (AvgIpc) is 3.44. The van der Waals surface area contributed by atoms with Gasteiger partial charge in [0.25, 0.3) is 0 Å². The summed E-state index contributed by atoms with van der Waals surface area (Å²) < 4.78 is 29.7. The molecule has 3 aromatic rings. The van der Waals surface area contributed by atoms with Crippen molar-refractivity contribution >= 4 is 11.7 Å². The van der Waals surface area contributed by atoms with Gasteiger partial charge in [-0.05, 0) is 55.3 Å². The van der Waals surface area contributed by atoms with E-state index in [1.165, 1.54) is 24.3 Å². The Morgan fingerprint density at radius 3 is 2.80 bits per heavy atom. The molecule has 0 bridgehead atoms. The van der Waals surface area contributed by atoms with Crippen LogP contribution in [0.4, 0.5) is 14.9 Å². The number of likely N-dealkylation sites (tertiary alicyclic amines) is 1. The van der Waals surface area contributed by atoms with Gasteiger partial charge in [-0.15, -0.1) is 10.2 Å². The Morgan fingerprint density at radius 2 is 1.93 bits per heavy atom. The van der Waals surface area contributed by atoms with Gasteiger partial charge in [-0.2, -0.15) is 0 Å². The number of carbonyl (C=O) groups is 1. The molecule has 154 valence electrons. The summed E-state index contributed by atoms with van der Waals surface area (Å²) in [5.74, 6) is 1.84. The molecular weight excluding hydrogens is 391 g/mol.